The number of ether oxygens (including phenoxy) is 1. The summed E-state index contributed by atoms with van der Waals surface area (Å²) in [5.74, 6) is 0.192. The van der Waals surface area contributed by atoms with Gasteiger partial charge in [-0.05, 0) is 30.3 Å². The Kier molecular flexibility index (Phi) is 6.80. The molecule has 10 heteroatoms. The average Bonchev–Trinajstić information content (AvgIpc) is 2.69. The van der Waals surface area contributed by atoms with Crippen molar-refractivity contribution in [3.8, 4) is 5.75 Å². The number of nitrogens with zero attached hydrogens (tertiary/aromatic N) is 2. The molecule has 2 aromatic carbocycles. The average molecular weight is 436 g/mol. The van der Waals surface area contributed by atoms with Crippen LogP contribution in [-0.2, 0) is 4.79 Å². The van der Waals surface area contributed by atoms with Crippen LogP contribution in [0.3, 0.4) is 0 Å². The van der Waals surface area contributed by atoms with E-state index in [-0.39, 0.29) is 12.4 Å². The number of carbonyl (C=O) groups excluding carboxylic acids is 1. The van der Waals surface area contributed by atoms with Crippen molar-refractivity contribution >= 4 is 52.4 Å². The molecule has 0 bridgehead atoms. The third kappa shape index (κ3) is 5.41. The summed E-state index contributed by atoms with van der Waals surface area (Å²) < 4.78 is 5.36. The summed E-state index contributed by atoms with van der Waals surface area (Å²) >= 11 is 13.2. The Morgan fingerprint density at radius 1 is 1.14 bits per heavy atom. The Bertz CT molecular complexity index is 975. The van der Waals surface area contributed by atoms with Gasteiger partial charge in [0.05, 0.1) is 5.02 Å². The van der Waals surface area contributed by atoms with Crippen molar-refractivity contribution in [2.75, 3.05) is 17.8 Å². The molecule has 3 rings (SSSR count). The molecule has 1 heterocycles. The third-order valence-corrected chi connectivity index (χ3v) is 4.94. The molecule has 0 fully saturated rings. The smallest absolute Gasteiger partial charge is 0.276 e. The molecule has 1 aromatic heterocycles. The van der Waals surface area contributed by atoms with Crippen molar-refractivity contribution < 1.29 is 9.53 Å². The molecule has 0 aliphatic heterocycles. The predicted octanol–water partition coefficient (Wildman–Crippen LogP) is 4.04. The van der Waals surface area contributed by atoms with Crippen LogP contribution in [0.2, 0.25) is 10.0 Å². The molecule has 7 nitrogen and oxygen atoms in total. The van der Waals surface area contributed by atoms with Crippen molar-refractivity contribution in [1.29, 1.82) is 0 Å². The number of anilines is 2. The molecule has 0 spiro atoms. The Morgan fingerprint density at radius 2 is 1.93 bits per heavy atom. The number of aromatic nitrogens is 2. The van der Waals surface area contributed by atoms with Gasteiger partial charge in [0, 0.05) is 9.92 Å². The van der Waals surface area contributed by atoms with Crippen molar-refractivity contribution in [2.45, 2.75) is 9.92 Å². The van der Waals surface area contributed by atoms with E-state index in [0.29, 0.717) is 26.5 Å². The standard InChI is InChI=1S/C18H15Cl2N5O2S/c19-11-6-7-14(13(20)8-11)27-9-15(26)24-25-17-16(21)18(23-10-22-17)28-12-4-2-1-3-5-12/h1-8,10H,9,21H2,(H,24,26)(H,22,23,25). The highest BCUT2D eigenvalue weighted by atomic mass is 35.5. The van der Waals surface area contributed by atoms with Gasteiger partial charge >= 0.3 is 0 Å². The van der Waals surface area contributed by atoms with Gasteiger partial charge in [0.25, 0.3) is 5.91 Å². The fourth-order valence-electron chi connectivity index (χ4n) is 2.06. The van der Waals surface area contributed by atoms with Crippen LogP contribution < -0.4 is 21.3 Å². The van der Waals surface area contributed by atoms with Crippen LogP contribution in [0, 0.1) is 0 Å². The van der Waals surface area contributed by atoms with Crippen LogP contribution in [0.1, 0.15) is 0 Å². The highest BCUT2D eigenvalue weighted by Gasteiger charge is 2.11. The van der Waals surface area contributed by atoms with Crippen LogP contribution in [0.15, 0.2) is 64.8 Å². The lowest BCUT2D eigenvalue weighted by Gasteiger charge is -2.12. The van der Waals surface area contributed by atoms with E-state index in [1.807, 2.05) is 30.3 Å². The van der Waals surface area contributed by atoms with Gasteiger partial charge in [-0.25, -0.2) is 9.97 Å². The summed E-state index contributed by atoms with van der Waals surface area (Å²) in [4.78, 5) is 21.2. The van der Waals surface area contributed by atoms with Gasteiger partial charge in [-0.2, -0.15) is 0 Å². The van der Waals surface area contributed by atoms with E-state index >= 15 is 0 Å². The lowest BCUT2D eigenvalue weighted by atomic mass is 10.3. The number of carbonyl (C=O) groups is 1. The molecule has 144 valence electrons. The number of hydrogen-bond acceptors (Lipinski definition) is 7. The van der Waals surface area contributed by atoms with Gasteiger partial charge in [-0.15, -0.1) is 0 Å². The summed E-state index contributed by atoms with van der Waals surface area (Å²) in [7, 11) is 0. The summed E-state index contributed by atoms with van der Waals surface area (Å²) in [6.07, 6.45) is 1.36. The van der Waals surface area contributed by atoms with Gasteiger partial charge < -0.3 is 10.5 Å². The van der Waals surface area contributed by atoms with Gasteiger partial charge in [0.1, 0.15) is 22.8 Å². The van der Waals surface area contributed by atoms with Gasteiger partial charge in [0.2, 0.25) is 0 Å². The van der Waals surface area contributed by atoms with Crippen molar-refractivity contribution in [3.63, 3.8) is 0 Å². The van der Waals surface area contributed by atoms with Crippen LogP contribution >= 0.6 is 35.0 Å². The molecule has 0 aliphatic rings. The zero-order valence-electron chi connectivity index (χ0n) is 14.4. The number of nitrogens with one attached hydrogen (secondary N) is 2. The number of benzene rings is 2. The Labute approximate surface area is 175 Å². The van der Waals surface area contributed by atoms with Crippen LogP contribution in [0.5, 0.6) is 5.75 Å². The van der Waals surface area contributed by atoms with Gasteiger partial charge in [-0.3, -0.25) is 15.6 Å². The summed E-state index contributed by atoms with van der Waals surface area (Å²) in [6, 6.07) is 14.4. The number of nitrogens with two attached hydrogens (primary N) is 1. The molecule has 4 N–H and O–H groups in total. The minimum atomic E-state index is -0.443. The SMILES string of the molecule is Nc1c(NNC(=O)COc2ccc(Cl)cc2Cl)ncnc1Sc1ccccc1. The minimum absolute atomic E-state index is 0.259. The number of hydrazine groups is 1. The summed E-state index contributed by atoms with van der Waals surface area (Å²) in [5.41, 5.74) is 11.6. The van der Waals surface area contributed by atoms with Crippen LogP contribution in [0.25, 0.3) is 0 Å². The normalized spacial score (nSPS) is 10.4. The molecule has 0 atom stereocenters. The second-order valence-electron chi connectivity index (χ2n) is 5.39. The minimum Gasteiger partial charge on any atom is -0.482 e. The second-order valence-corrected chi connectivity index (χ2v) is 7.30. The lowest BCUT2D eigenvalue weighted by Crippen LogP contribution is -2.34. The fourth-order valence-corrected chi connectivity index (χ4v) is 3.35. The second kappa shape index (κ2) is 9.50. The number of rotatable bonds is 7. The maximum absolute atomic E-state index is 12.0. The highest BCUT2D eigenvalue weighted by Crippen LogP contribution is 2.32. The number of amides is 1. The predicted molar refractivity (Wildman–Crippen MR) is 111 cm³/mol. The third-order valence-electron chi connectivity index (χ3n) is 3.38. The fraction of sp³-hybridized carbons (Fsp3) is 0.0556. The topological polar surface area (TPSA) is 102 Å². The van der Waals surface area contributed by atoms with Crippen molar-refractivity contribution in [2.24, 2.45) is 0 Å². The lowest BCUT2D eigenvalue weighted by molar-refractivity contribution is -0.122. The zero-order chi connectivity index (χ0) is 19.9. The highest BCUT2D eigenvalue weighted by molar-refractivity contribution is 7.99. The monoisotopic (exact) mass is 435 g/mol. The first-order chi connectivity index (χ1) is 13.5. The maximum Gasteiger partial charge on any atom is 0.276 e. The Hall–Kier alpha value is -2.68. The largest absolute Gasteiger partial charge is 0.482 e. The molecule has 3 aromatic rings. The van der Waals surface area contributed by atoms with E-state index in [1.165, 1.54) is 24.2 Å². The molecule has 0 aliphatic carbocycles. The van der Waals surface area contributed by atoms with Crippen LogP contribution in [0.4, 0.5) is 11.5 Å². The summed E-state index contributed by atoms with van der Waals surface area (Å²) in [5, 5.41) is 1.37. The molecular formula is C18H15Cl2N5O2S. The first-order valence-corrected chi connectivity index (χ1v) is 9.56. The van der Waals surface area contributed by atoms with E-state index in [4.69, 9.17) is 33.7 Å². The summed E-state index contributed by atoms with van der Waals surface area (Å²) in [6.45, 7) is -0.259. The zero-order valence-corrected chi connectivity index (χ0v) is 16.7. The van der Waals surface area contributed by atoms with Gasteiger partial charge in [0.15, 0.2) is 12.4 Å². The van der Waals surface area contributed by atoms with E-state index in [1.54, 1.807) is 12.1 Å². The van der Waals surface area contributed by atoms with E-state index in [2.05, 4.69) is 20.8 Å². The first kappa shape index (κ1) is 20.1. The number of nitrogen functional groups attached to an aromatic ring is 1. The van der Waals surface area contributed by atoms with E-state index < -0.39 is 5.91 Å². The first-order valence-electron chi connectivity index (χ1n) is 7.99. The molecular weight excluding hydrogens is 421 g/mol. The molecule has 0 unspecified atom stereocenters. The van der Waals surface area contributed by atoms with Crippen LogP contribution in [-0.4, -0.2) is 22.5 Å². The van der Waals surface area contributed by atoms with Crippen molar-refractivity contribution in [1.82, 2.24) is 15.4 Å². The van der Waals surface area contributed by atoms with E-state index in [9.17, 15) is 4.79 Å². The quantitative estimate of drug-likeness (QED) is 0.380. The number of hydrogen-bond donors (Lipinski definition) is 3. The maximum atomic E-state index is 12.0. The molecule has 1 amide bonds. The Balaban J connectivity index is 1.56. The van der Waals surface area contributed by atoms with Gasteiger partial charge in [-0.1, -0.05) is 53.2 Å². The molecule has 28 heavy (non-hydrogen) atoms. The molecule has 0 saturated heterocycles. The Morgan fingerprint density at radius 3 is 2.68 bits per heavy atom. The number of halogens is 2. The molecule has 0 radical (unpaired) electrons. The van der Waals surface area contributed by atoms with Crippen molar-refractivity contribution in [3.05, 3.63) is 64.9 Å². The van der Waals surface area contributed by atoms with E-state index in [0.717, 1.165) is 4.90 Å². The molecule has 0 saturated carbocycles.